The van der Waals surface area contributed by atoms with Crippen molar-refractivity contribution in [3.63, 3.8) is 0 Å². The van der Waals surface area contributed by atoms with Crippen molar-refractivity contribution in [2.24, 2.45) is 0 Å². The minimum Gasteiger partial charge on any atom is -0.867 e. The van der Waals surface area contributed by atoms with Crippen LogP contribution in [0.1, 0.15) is 0 Å². The number of nitrogens with zero attached hydrogens (tertiary/aromatic N) is 2. The van der Waals surface area contributed by atoms with Gasteiger partial charge in [0, 0.05) is 17.1 Å². The van der Waals surface area contributed by atoms with Crippen molar-refractivity contribution in [1.82, 2.24) is 0 Å². The Labute approximate surface area is 132 Å². The lowest BCUT2D eigenvalue weighted by Gasteiger charge is -2.13. The lowest BCUT2D eigenvalue weighted by atomic mass is 10.1. The number of benzene rings is 3. The Balaban J connectivity index is 2.17. The third-order valence-electron chi connectivity index (χ3n) is 3.37. The van der Waals surface area contributed by atoms with Gasteiger partial charge in [-0.25, -0.2) is 8.42 Å². The predicted octanol–water partition coefficient (Wildman–Crippen LogP) is 3.20. The highest BCUT2D eigenvalue weighted by atomic mass is 32.2. The van der Waals surface area contributed by atoms with Crippen molar-refractivity contribution < 1.29 is 13.5 Å². The van der Waals surface area contributed by atoms with Crippen LogP contribution in [0.2, 0.25) is 0 Å². The molecule has 0 fully saturated rings. The van der Waals surface area contributed by atoms with Crippen LogP contribution in [0.25, 0.3) is 15.7 Å². The van der Waals surface area contributed by atoms with E-state index in [4.69, 9.17) is 5.39 Å². The number of anilines is 1. The van der Waals surface area contributed by atoms with E-state index in [-0.39, 0.29) is 21.4 Å². The van der Waals surface area contributed by atoms with Crippen molar-refractivity contribution in [3.8, 4) is 5.75 Å². The van der Waals surface area contributed by atoms with Crippen molar-refractivity contribution in [2.45, 2.75) is 4.90 Å². The van der Waals surface area contributed by atoms with Crippen molar-refractivity contribution >= 4 is 32.2 Å². The lowest BCUT2D eigenvalue weighted by molar-refractivity contribution is -0.264. The van der Waals surface area contributed by atoms with Gasteiger partial charge >= 0.3 is 5.69 Å². The first kappa shape index (κ1) is 14.8. The van der Waals surface area contributed by atoms with Gasteiger partial charge in [0.05, 0.1) is 4.90 Å². The summed E-state index contributed by atoms with van der Waals surface area (Å²) in [6.45, 7) is 0. The molecular formula is C16H11N3O3S. The number of hydrogen-bond donors (Lipinski definition) is 1. The van der Waals surface area contributed by atoms with E-state index in [1.165, 1.54) is 30.3 Å². The van der Waals surface area contributed by atoms with Crippen LogP contribution in [0.15, 0.2) is 65.6 Å². The molecule has 1 N–H and O–H groups in total. The summed E-state index contributed by atoms with van der Waals surface area (Å²) >= 11 is 0. The molecule has 0 radical (unpaired) electrons. The summed E-state index contributed by atoms with van der Waals surface area (Å²) in [6, 6.07) is 15.6. The maximum atomic E-state index is 12.6. The van der Waals surface area contributed by atoms with Crippen LogP contribution in [-0.2, 0) is 10.0 Å². The minimum absolute atomic E-state index is 0.0135. The fraction of sp³-hybridized carbons (Fsp3) is 0. The molecule has 0 saturated heterocycles. The molecule has 0 atom stereocenters. The molecule has 0 bridgehead atoms. The Morgan fingerprint density at radius 1 is 0.913 bits per heavy atom. The van der Waals surface area contributed by atoms with Crippen LogP contribution in [-0.4, -0.2) is 8.42 Å². The fourth-order valence-corrected chi connectivity index (χ4v) is 3.60. The molecule has 23 heavy (non-hydrogen) atoms. The zero-order chi connectivity index (χ0) is 16.4. The Morgan fingerprint density at radius 2 is 1.65 bits per heavy atom. The van der Waals surface area contributed by atoms with E-state index < -0.39 is 15.8 Å². The van der Waals surface area contributed by atoms with Gasteiger partial charge in [0.1, 0.15) is 0 Å². The average molecular weight is 325 g/mol. The molecule has 114 valence electrons. The molecule has 0 saturated carbocycles. The highest BCUT2D eigenvalue weighted by molar-refractivity contribution is 7.93. The lowest BCUT2D eigenvalue weighted by Crippen LogP contribution is -2.13. The van der Waals surface area contributed by atoms with E-state index in [1.807, 2.05) is 0 Å². The Bertz CT molecular complexity index is 1030. The number of nitrogens with one attached hydrogen (secondary N) is 1. The average Bonchev–Trinajstić information content (AvgIpc) is 2.55. The molecule has 3 rings (SSSR count). The standard InChI is InChI=1S/C16H11N3O3S/c17-18-14-10-9-12-13(16(14)20)7-4-8-15(12)23(21,22)19-11-5-2-1-3-6-11/h1-10,19H. The third-order valence-corrected chi connectivity index (χ3v) is 4.81. The summed E-state index contributed by atoms with van der Waals surface area (Å²) in [4.78, 5) is 2.89. The van der Waals surface area contributed by atoms with E-state index in [2.05, 4.69) is 9.70 Å². The molecule has 0 aromatic heterocycles. The number of sulfonamides is 1. The van der Waals surface area contributed by atoms with Crippen LogP contribution in [0.5, 0.6) is 5.75 Å². The zero-order valence-electron chi connectivity index (χ0n) is 11.8. The summed E-state index contributed by atoms with van der Waals surface area (Å²) in [7, 11) is -3.86. The number of hydrogen-bond acceptors (Lipinski definition) is 4. The van der Waals surface area contributed by atoms with E-state index in [0.717, 1.165) is 0 Å². The van der Waals surface area contributed by atoms with E-state index in [1.54, 1.807) is 30.3 Å². The first-order valence-electron chi connectivity index (χ1n) is 6.68. The van der Waals surface area contributed by atoms with Gasteiger partial charge in [-0.15, -0.1) is 0 Å². The smallest absolute Gasteiger partial charge is 0.378 e. The Hall–Kier alpha value is -3.11. The van der Waals surface area contributed by atoms with Gasteiger partial charge in [0.25, 0.3) is 10.0 Å². The van der Waals surface area contributed by atoms with Crippen LogP contribution >= 0.6 is 0 Å². The third kappa shape index (κ3) is 2.67. The second kappa shape index (κ2) is 5.59. The SMILES string of the molecule is N#[N+]c1ccc2c(S(=O)(=O)Nc3ccccc3)cccc2c1[O-]. The molecule has 3 aromatic rings. The van der Waals surface area contributed by atoms with Crippen LogP contribution in [0, 0.1) is 5.39 Å². The Morgan fingerprint density at radius 3 is 2.35 bits per heavy atom. The van der Waals surface area contributed by atoms with Gasteiger partial charge in [-0.3, -0.25) is 4.72 Å². The summed E-state index contributed by atoms with van der Waals surface area (Å²) < 4.78 is 27.7. The number of diazo groups is 1. The quantitative estimate of drug-likeness (QED) is 0.748. The summed E-state index contributed by atoms with van der Waals surface area (Å²) in [5.41, 5.74) is 0.289. The van der Waals surface area contributed by atoms with Crippen molar-refractivity contribution in [1.29, 1.82) is 5.39 Å². The van der Waals surface area contributed by atoms with Crippen molar-refractivity contribution in [3.05, 3.63) is 65.6 Å². The predicted molar refractivity (Wildman–Crippen MR) is 85.4 cm³/mol. The number of rotatable bonds is 3. The molecule has 0 aliphatic rings. The molecule has 6 nitrogen and oxygen atoms in total. The van der Waals surface area contributed by atoms with Gasteiger partial charge in [-0.2, -0.15) is 0 Å². The fourth-order valence-electron chi connectivity index (χ4n) is 2.32. The molecule has 0 heterocycles. The van der Waals surface area contributed by atoms with Crippen LogP contribution in [0.3, 0.4) is 0 Å². The summed E-state index contributed by atoms with van der Waals surface area (Å²) in [5, 5.41) is 21.4. The largest absolute Gasteiger partial charge is 0.867 e. The van der Waals surface area contributed by atoms with E-state index in [0.29, 0.717) is 5.69 Å². The minimum atomic E-state index is -3.86. The second-order valence-electron chi connectivity index (χ2n) is 4.84. The molecular weight excluding hydrogens is 314 g/mol. The van der Waals surface area contributed by atoms with Gasteiger partial charge in [-0.05, 0) is 35.4 Å². The van der Waals surface area contributed by atoms with E-state index in [9.17, 15) is 13.5 Å². The van der Waals surface area contributed by atoms with Crippen LogP contribution < -0.4 is 9.83 Å². The molecule has 7 heteroatoms. The molecule has 3 aromatic carbocycles. The van der Waals surface area contributed by atoms with Gasteiger partial charge < -0.3 is 5.11 Å². The normalized spacial score (nSPS) is 11.1. The van der Waals surface area contributed by atoms with Gasteiger partial charge in [-0.1, -0.05) is 30.3 Å². The topological polar surface area (TPSA) is 97.4 Å². The van der Waals surface area contributed by atoms with Crippen molar-refractivity contribution in [2.75, 3.05) is 4.72 Å². The Kier molecular flexibility index (Phi) is 3.60. The molecule has 0 spiro atoms. The van der Waals surface area contributed by atoms with Gasteiger partial charge in [0.15, 0.2) is 4.98 Å². The molecule has 0 amide bonds. The van der Waals surface area contributed by atoms with Crippen LogP contribution in [0.4, 0.5) is 11.4 Å². The number of fused-ring (bicyclic) bond motifs is 1. The van der Waals surface area contributed by atoms with E-state index >= 15 is 0 Å². The summed E-state index contributed by atoms with van der Waals surface area (Å²) in [6.07, 6.45) is 0. The summed E-state index contributed by atoms with van der Waals surface area (Å²) in [5.74, 6) is -0.526. The molecule has 0 aliphatic heterocycles. The first-order valence-corrected chi connectivity index (χ1v) is 8.17. The molecule has 0 aliphatic carbocycles. The highest BCUT2D eigenvalue weighted by Crippen LogP contribution is 2.35. The monoisotopic (exact) mass is 325 g/mol. The maximum Gasteiger partial charge on any atom is 0.378 e. The number of para-hydroxylation sites is 1. The first-order chi connectivity index (χ1) is 11.0. The molecule has 0 unspecified atom stereocenters. The highest BCUT2D eigenvalue weighted by Gasteiger charge is 2.19. The van der Waals surface area contributed by atoms with Gasteiger partial charge in [0.2, 0.25) is 5.39 Å². The maximum absolute atomic E-state index is 12.6. The zero-order valence-corrected chi connectivity index (χ0v) is 12.6. The second-order valence-corrected chi connectivity index (χ2v) is 6.49.